The molecule has 0 aliphatic heterocycles. The Balaban J connectivity index is 2.01. The van der Waals surface area contributed by atoms with E-state index in [1.807, 2.05) is 11.4 Å². The second-order valence-electron chi connectivity index (χ2n) is 2.80. The van der Waals surface area contributed by atoms with Gasteiger partial charge in [0.1, 0.15) is 0 Å². The summed E-state index contributed by atoms with van der Waals surface area (Å²) in [4.78, 5) is 1.26. The molecule has 2 nitrogen and oxygen atoms in total. The van der Waals surface area contributed by atoms with Crippen molar-refractivity contribution < 1.29 is 4.74 Å². The van der Waals surface area contributed by atoms with Crippen LogP contribution in [-0.2, 0) is 11.3 Å². The van der Waals surface area contributed by atoms with Gasteiger partial charge in [0, 0.05) is 16.8 Å². The van der Waals surface area contributed by atoms with Gasteiger partial charge in [0.15, 0.2) is 0 Å². The molecule has 0 amide bonds. The first-order valence-electron chi connectivity index (χ1n) is 4.49. The van der Waals surface area contributed by atoms with Crippen LogP contribution in [-0.4, -0.2) is 13.2 Å². The van der Waals surface area contributed by atoms with E-state index in [0.717, 1.165) is 31.1 Å². The zero-order valence-electron chi connectivity index (χ0n) is 7.96. The van der Waals surface area contributed by atoms with Crippen LogP contribution in [0.4, 0.5) is 0 Å². The Morgan fingerprint density at radius 1 is 1.64 bits per heavy atom. The lowest BCUT2D eigenvalue weighted by Gasteiger charge is -2.02. The maximum atomic E-state index is 5.79. The van der Waals surface area contributed by atoms with Crippen molar-refractivity contribution in [3.8, 4) is 0 Å². The summed E-state index contributed by atoms with van der Waals surface area (Å²) in [5.74, 6) is 0. The maximum absolute atomic E-state index is 5.79. The second kappa shape index (κ2) is 6.87. The van der Waals surface area contributed by atoms with Gasteiger partial charge in [-0.15, -0.1) is 11.3 Å². The molecule has 0 fully saturated rings. The third kappa shape index (κ3) is 4.65. The van der Waals surface area contributed by atoms with Crippen LogP contribution < -0.4 is 5.32 Å². The molecular formula is C10H14ClNOS. The van der Waals surface area contributed by atoms with E-state index < -0.39 is 0 Å². The predicted octanol–water partition coefficient (Wildman–Crippen LogP) is 3.04. The molecule has 78 valence electrons. The molecule has 0 aliphatic rings. The topological polar surface area (TPSA) is 21.3 Å². The second-order valence-corrected chi connectivity index (χ2v) is 4.23. The number of nitrogens with one attached hydrogen (secondary N) is 1. The van der Waals surface area contributed by atoms with E-state index in [2.05, 4.69) is 11.9 Å². The highest BCUT2D eigenvalue weighted by Gasteiger charge is 1.96. The lowest BCUT2D eigenvalue weighted by atomic mass is 10.4. The monoisotopic (exact) mass is 231 g/mol. The number of rotatable bonds is 7. The first kappa shape index (κ1) is 11.6. The summed E-state index contributed by atoms with van der Waals surface area (Å²) in [6.07, 6.45) is 2.46. The highest BCUT2D eigenvalue weighted by atomic mass is 35.5. The molecular weight excluding hydrogens is 218 g/mol. The number of thiophene rings is 1. The Kier molecular flexibility index (Phi) is 5.68. The molecule has 14 heavy (non-hydrogen) atoms. The Hall–Kier alpha value is -0.510. The Morgan fingerprint density at radius 3 is 3.14 bits per heavy atom. The number of hydrogen-bond acceptors (Lipinski definition) is 3. The quantitative estimate of drug-likeness (QED) is 0.575. The summed E-state index contributed by atoms with van der Waals surface area (Å²) in [6, 6.07) is 1.99. The molecule has 1 aromatic rings. The summed E-state index contributed by atoms with van der Waals surface area (Å²) < 4.78 is 5.00. The van der Waals surface area contributed by atoms with Crippen molar-refractivity contribution in [3.63, 3.8) is 0 Å². The van der Waals surface area contributed by atoms with Gasteiger partial charge in [-0.1, -0.05) is 18.2 Å². The number of halogens is 1. The predicted molar refractivity (Wildman–Crippen MR) is 61.8 cm³/mol. The molecule has 0 bridgehead atoms. The van der Waals surface area contributed by atoms with Gasteiger partial charge in [0.25, 0.3) is 0 Å². The lowest BCUT2D eigenvalue weighted by Crippen LogP contribution is -2.15. The van der Waals surface area contributed by atoms with Crippen molar-refractivity contribution in [2.24, 2.45) is 0 Å². The molecule has 0 aromatic carbocycles. The molecule has 0 saturated heterocycles. The largest absolute Gasteiger partial charge is 0.502 e. The Labute approximate surface area is 93.5 Å². The van der Waals surface area contributed by atoms with E-state index >= 15 is 0 Å². The van der Waals surface area contributed by atoms with Gasteiger partial charge in [-0.25, -0.2) is 0 Å². The summed E-state index contributed by atoms with van der Waals surface area (Å²) in [5.41, 5.74) is 0. The van der Waals surface area contributed by atoms with Crippen molar-refractivity contribution in [2.75, 3.05) is 13.2 Å². The average Bonchev–Trinajstić information content (AvgIpc) is 2.58. The SMILES string of the molecule is C=COCCCNCc1cc(Cl)cs1. The van der Waals surface area contributed by atoms with Crippen molar-refractivity contribution in [2.45, 2.75) is 13.0 Å². The number of ether oxygens (including phenoxy) is 1. The van der Waals surface area contributed by atoms with Gasteiger partial charge >= 0.3 is 0 Å². The molecule has 0 unspecified atom stereocenters. The summed E-state index contributed by atoms with van der Waals surface area (Å²) in [5, 5.41) is 6.08. The zero-order valence-corrected chi connectivity index (χ0v) is 9.53. The van der Waals surface area contributed by atoms with Gasteiger partial charge in [-0.05, 0) is 19.0 Å². The van der Waals surface area contributed by atoms with Gasteiger partial charge in [-0.3, -0.25) is 0 Å². The third-order valence-electron chi connectivity index (χ3n) is 1.65. The minimum absolute atomic E-state index is 0.724. The summed E-state index contributed by atoms with van der Waals surface area (Å²) in [6.45, 7) is 6.03. The fourth-order valence-corrected chi connectivity index (χ4v) is 2.06. The Bertz CT molecular complexity index is 275. The van der Waals surface area contributed by atoms with Crippen molar-refractivity contribution in [1.29, 1.82) is 0 Å². The molecule has 0 saturated carbocycles. The molecule has 1 heterocycles. The zero-order chi connectivity index (χ0) is 10.2. The normalized spacial score (nSPS) is 10.1. The van der Waals surface area contributed by atoms with Crippen LogP contribution in [0.5, 0.6) is 0 Å². The average molecular weight is 232 g/mol. The van der Waals surface area contributed by atoms with Crippen LogP contribution in [0.25, 0.3) is 0 Å². The molecule has 0 spiro atoms. The van der Waals surface area contributed by atoms with Crippen LogP contribution in [0.2, 0.25) is 5.02 Å². The van der Waals surface area contributed by atoms with Crippen molar-refractivity contribution >= 4 is 22.9 Å². The van der Waals surface area contributed by atoms with Gasteiger partial charge in [0.05, 0.1) is 17.9 Å². The van der Waals surface area contributed by atoms with Crippen LogP contribution in [0.3, 0.4) is 0 Å². The smallest absolute Gasteiger partial charge is 0.0885 e. The van der Waals surface area contributed by atoms with E-state index in [4.69, 9.17) is 16.3 Å². The van der Waals surface area contributed by atoms with Crippen molar-refractivity contribution in [3.05, 3.63) is 34.2 Å². The van der Waals surface area contributed by atoms with E-state index in [1.54, 1.807) is 11.3 Å². The molecule has 1 aromatic heterocycles. The van der Waals surface area contributed by atoms with Gasteiger partial charge in [0.2, 0.25) is 0 Å². The first-order valence-corrected chi connectivity index (χ1v) is 5.75. The van der Waals surface area contributed by atoms with E-state index in [0.29, 0.717) is 0 Å². The van der Waals surface area contributed by atoms with E-state index in [-0.39, 0.29) is 0 Å². The van der Waals surface area contributed by atoms with Crippen LogP contribution in [0.1, 0.15) is 11.3 Å². The highest BCUT2D eigenvalue weighted by molar-refractivity contribution is 7.10. The fraction of sp³-hybridized carbons (Fsp3) is 0.400. The number of hydrogen-bond donors (Lipinski definition) is 1. The molecule has 1 rings (SSSR count). The molecule has 1 N–H and O–H groups in total. The molecule has 0 atom stereocenters. The maximum Gasteiger partial charge on any atom is 0.0885 e. The minimum Gasteiger partial charge on any atom is -0.502 e. The van der Waals surface area contributed by atoms with E-state index in [1.165, 1.54) is 11.1 Å². The van der Waals surface area contributed by atoms with Crippen LogP contribution in [0, 0.1) is 0 Å². The van der Waals surface area contributed by atoms with Gasteiger partial charge < -0.3 is 10.1 Å². The fourth-order valence-electron chi connectivity index (χ4n) is 1.02. The minimum atomic E-state index is 0.724. The summed E-state index contributed by atoms with van der Waals surface area (Å²) in [7, 11) is 0. The first-order chi connectivity index (χ1) is 6.83. The molecule has 4 heteroatoms. The van der Waals surface area contributed by atoms with Crippen LogP contribution in [0.15, 0.2) is 24.3 Å². The van der Waals surface area contributed by atoms with Crippen molar-refractivity contribution in [1.82, 2.24) is 5.32 Å². The molecule has 0 aliphatic carbocycles. The third-order valence-corrected chi connectivity index (χ3v) is 2.94. The van der Waals surface area contributed by atoms with E-state index in [9.17, 15) is 0 Å². The standard InChI is InChI=1S/C10H14ClNOS/c1-2-13-5-3-4-12-7-10-6-9(11)8-14-10/h2,6,8,12H,1,3-5,7H2. The van der Waals surface area contributed by atoms with Gasteiger partial charge in [-0.2, -0.15) is 0 Å². The lowest BCUT2D eigenvalue weighted by molar-refractivity contribution is 0.244. The van der Waals surface area contributed by atoms with Crippen LogP contribution >= 0.6 is 22.9 Å². The summed E-state index contributed by atoms with van der Waals surface area (Å²) >= 11 is 7.47. The highest BCUT2D eigenvalue weighted by Crippen LogP contribution is 2.18. The Morgan fingerprint density at radius 2 is 2.50 bits per heavy atom. The molecule has 0 radical (unpaired) electrons.